The third-order valence-electron chi connectivity index (χ3n) is 3.85. The number of hydrogen-bond acceptors (Lipinski definition) is 3. The normalized spacial score (nSPS) is 10.4. The number of carbonyl (C=O) groups excluding carboxylic acids is 3. The average Bonchev–Trinajstić information content (AvgIpc) is 2.67. The maximum Gasteiger partial charge on any atom is 0.254 e. The van der Waals surface area contributed by atoms with Crippen molar-refractivity contribution in [3.05, 3.63) is 59.4 Å². The molecule has 0 aliphatic heterocycles. The molecule has 0 atom stereocenters. The van der Waals surface area contributed by atoms with Crippen molar-refractivity contribution in [2.75, 3.05) is 23.7 Å². The van der Waals surface area contributed by atoms with E-state index in [1.165, 1.54) is 24.0 Å². The number of nitrogens with one attached hydrogen (secondary N) is 2. The number of halogens is 3. The second-order valence-corrected chi connectivity index (χ2v) is 6.26. The average molecular weight is 407 g/mol. The maximum absolute atomic E-state index is 13.7. The molecule has 0 aromatic heterocycles. The van der Waals surface area contributed by atoms with Crippen LogP contribution in [0, 0.1) is 17.5 Å². The van der Waals surface area contributed by atoms with Crippen LogP contribution in [0.4, 0.5) is 24.5 Å². The summed E-state index contributed by atoms with van der Waals surface area (Å²) in [6.45, 7) is 2.95. The summed E-state index contributed by atoms with van der Waals surface area (Å²) in [6.07, 6.45) is 0.546. The van der Waals surface area contributed by atoms with Gasteiger partial charge in [0.05, 0.1) is 5.69 Å². The van der Waals surface area contributed by atoms with E-state index in [1.54, 1.807) is 19.1 Å². The van der Waals surface area contributed by atoms with E-state index >= 15 is 0 Å². The summed E-state index contributed by atoms with van der Waals surface area (Å²) in [5.74, 6) is -6.13. The first-order valence-corrected chi connectivity index (χ1v) is 8.83. The van der Waals surface area contributed by atoms with E-state index in [9.17, 15) is 27.6 Å². The summed E-state index contributed by atoms with van der Waals surface area (Å²) in [6, 6.07) is 7.79. The Morgan fingerprint density at radius 3 is 2.38 bits per heavy atom. The van der Waals surface area contributed by atoms with Crippen LogP contribution >= 0.6 is 0 Å². The second kappa shape index (κ2) is 9.72. The Kier molecular flexibility index (Phi) is 7.35. The molecule has 0 saturated heterocycles. The number of benzene rings is 2. The van der Waals surface area contributed by atoms with E-state index in [4.69, 9.17) is 0 Å². The lowest BCUT2D eigenvalue weighted by molar-refractivity contribution is -0.117. The van der Waals surface area contributed by atoms with Gasteiger partial charge in [0.2, 0.25) is 11.8 Å². The highest BCUT2D eigenvalue weighted by molar-refractivity contribution is 6.00. The molecule has 9 heteroatoms. The smallest absolute Gasteiger partial charge is 0.254 e. The van der Waals surface area contributed by atoms with Gasteiger partial charge in [-0.3, -0.25) is 14.4 Å². The first kappa shape index (κ1) is 21.9. The molecular weight excluding hydrogens is 387 g/mol. The Balaban J connectivity index is 2.15. The molecule has 0 bridgehead atoms. The summed E-state index contributed by atoms with van der Waals surface area (Å²) in [7, 11) is 0. The van der Waals surface area contributed by atoms with Gasteiger partial charge in [0, 0.05) is 24.7 Å². The largest absolute Gasteiger partial charge is 0.329 e. The van der Waals surface area contributed by atoms with Gasteiger partial charge in [0.1, 0.15) is 6.54 Å². The SMILES string of the molecule is CCCN(CC(=O)Nc1ccc(F)c(F)c1F)C(=O)c1cccc(NC(C)=O)c1. The van der Waals surface area contributed by atoms with Crippen molar-refractivity contribution in [1.29, 1.82) is 0 Å². The molecule has 2 N–H and O–H groups in total. The van der Waals surface area contributed by atoms with E-state index in [-0.39, 0.29) is 18.0 Å². The van der Waals surface area contributed by atoms with Crippen molar-refractivity contribution >= 4 is 29.1 Å². The van der Waals surface area contributed by atoms with Gasteiger partial charge in [-0.2, -0.15) is 0 Å². The van der Waals surface area contributed by atoms with E-state index in [0.717, 1.165) is 6.07 Å². The Hall–Kier alpha value is -3.36. The molecule has 0 spiro atoms. The molecule has 3 amide bonds. The van der Waals surface area contributed by atoms with Crippen molar-refractivity contribution in [2.45, 2.75) is 20.3 Å². The number of rotatable bonds is 7. The molecule has 0 unspecified atom stereocenters. The number of nitrogens with zero attached hydrogens (tertiary/aromatic N) is 1. The van der Waals surface area contributed by atoms with Gasteiger partial charge in [0.25, 0.3) is 5.91 Å². The van der Waals surface area contributed by atoms with Crippen molar-refractivity contribution in [2.24, 2.45) is 0 Å². The molecule has 2 rings (SSSR count). The van der Waals surface area contributed by atoms with E-state index in [0.29, 0.717) is 18.2 Å². The summed E-state index contributed by atoms with van der Waals surface area (Å²) < 4.78 is 40.0. The topological polar surface area (TPSA) is 78.5 Å². The highest BCUT2D eigenvalue weighted by atomic mass is 19.2. The molecule has 29 heavy (non-hydrogen) atoms. The van der Waals surface area contributed by atoms with Crippen molar-refractivity contribution in [3.8, 4) is 0 Å². The molecule has 6 nitrogen and oxygen atoms in total. The van der Waals surface area contributed by atoms with E-state index in [2.05, 4.69) is 10.6 Å². The minimum absolute atomic E-state index is 0.233. The Morgan fingerprint density at radius 2 is 1.72 bits per heavy atom. The van der Waals surface area contributed by atoms with Crippen LogP contribution < -0.4 is 10.6 Å². The summed E-state index contributed by atoms with van der Waals surface area (Å²) in [4.78, 5) is 37.4. The third kappa shape index (κ3) is 5.81. The predicted octanol–water partition coefficient (Wildman–Crippen LogP) is 3.55. The zero-order valence-electron chi connectivity index (χ0n) is 15.9. The van der Waals surface area contributed by atoms with Crippen LogP contribution in [0.2, 0.25) is 0 Å². The molecule has 0 heterocycles. The molecule has 0 aliphatic rings. The number of anilines is 2. The van der Waals surface area contributed by atoms with Crippen molar-refractivity contribution in [3.63, 3.8) is 0 Å². The van der Waals surface area contributed by atoms with Gasteiger partial charge in [0.15, 0.2) is 17.5 Å². The highest BCUT2D eigenvalue weighted by Crippen LogP contribution is 2.20. The Morgan fingerprint density at radius 1 is 1.00 bits per heavy atom. The second-order valence-electron chi connectivity index (χ2n) is 6.26. The van der Waals surface area contributed by atoms with Crippen LogP contribution in [-0.2, 0) is 9.59 Å². The first-order valence-electron chi connectivity index (χ1n) is 8.83. The molecular formula is C20H20F3N3O3. The van der Waals surface area contributed by atoms with Gasteiger partial charge in [-0.05, 0) is 36.8 Å². The zero-order valence-corrected chi connectivity index (χ0v) is 15.9. The molecule has 2 aromatic rings. The lowest BCUT2D eigenvalue weighted by Gasteiger charge is -2.22. The Labute approximate surface area is 165 Å². The minimum Gasteiger partial charge on any atom is -0.329 e. The van der Waals surface area contributed by atoms with Crippen LogP contribution in [0.15, 0.2) is 36.4 Å². The van der Waals surface area contributed by atoms with E-state index < -0.39 is 41.5 Å². The van der Waals surface area contributed by atoms with Crippen molar-refractivity contribution < 1.29 is 27.6 Å². The molecule has 0 radical (unpaired) electrons. The quantitative estimate of drug-likeness (QED) is 0.689. The van der Waals surface area contributed by atoms with Crippen LogP contribution in [-0.4, -0.2) is 35.7 Å². The number of hydrogen-bond donors (Lipinski definition) is 2. The first-order chi connectivity index (χ1) is 13.7. The maximum atomic E-state index is 13.7. The number of amides is 3. The fraction of sp³-hybridized carbons (Fsp3) is 0.250. The van der Waals surface area contributed by atoms with Gasteiger partial charge in [-0.15, -0.1) is 0 Å². The molecule has 0 fully saturated rings. The zero-order chi connectivity index (χ0) is 21.6. The van der Waals surface area contributed by atoms with Gasteiger partial charge >= 0.3 is 0 Å². The summed E-state index contributed by atoms with van der Waals surface area (Å²) in [5, 5.41) is 4.70. The summed E-state index contributed by atoms with van der Waals surface area (Å²) in [5.41, 5.74) is 0.148. The molecule has 2 aromatic carbocycles. The standard InChI is InChI=1S/C20H20F3N3O3/c1-3-9-26(20(29)13-5-4-6-14(10-13)24-12(2)27)11-17(28)25-16-8-7-15(21)18(22)19(16)23/h4-8,10H,3,9,11H2,1-2H3,(H,24,27)(H,25,28). The molecule has 0 saturated carbocycles. The fourth-order valence-electron chi connectivity index (χ4n) is 2.62. The van der Waals surface area contributed by atoms with Crippen LogP contribution in [0.25, 0.3) is 0 Å². The third-order valence-corrected chi connectivity index (χ3v) is 3.85. The predicted molar refractivity (Wildman–Crippen MR) is 102 cm³/mol. The van der Waals surface area contributed by atoms with Crippen molar-refractivity contribution in [1.82, 2.24) is 4.90 Å². The lowest BCUT2D eigenvalue weighted by Crippen LogP contribution is -2.38. The van der Waals surface area contributed by atoms with Crippen LogP contribution in [0.3, 0.4) is 0 Å². The van der Waals surface area contributed by atoms with Gasteiger partial charge < -0.3 is 15.5 Å². The van der Waals surface area contributed by atoms with Crippen LogP contribution in [0.1, 0.15) is 30.6 Å². The monoisotopic (exact) mass is 407 g/mol. The minimum atomic E-state index is -1.70. The van der Waals surface area contributed by atoms with Gasteiger partial charge in [-0.1, -0.05) is 13.0 Å². The number of carbonyl (C=O) groups is 3. The summed E-state index contributed by atoms with van der Waals surface area (Å²) >= 11 is 0. The fourth-order valence-corrected chi connectivity index (χ4v) is 2.62. The van der Waals surface area contributed by atoms with Crippen LogP contribution in [0.5, 0.6) is 0 Å². The highest BCUT2D eigenvalue weighted by Gasteiger charge is 2.21. The Bertz CT molecular complexity index is 934. The van der Waals surface area contributed by atoms with Gasteiger partial charge in [-0.25, -0.2) is 13.2 Å². The van der Waals surface area contributed by atoms with E-state index in [1.807, 2.05) is 0 Å². The molecule has 154 valence electrons. The molecule has 0 aliphatic carbocycles. The lowest BCUT2D eigenvalue weighted by atomic mass is 10.1.